The maximum absolute atomic E-state index is 12.6. The molecule has 6 heteroatoms. The van der Waals surface area contributed by atoms with Crippen molar-refractivity contribution < 1.29 is 13.6 Å². The van der Waals surface area contributed by atoms with Gasteiger partial charge >= 0.3 is 0 Å². The fourth-order valence-electron chi connectivity index (χ4n) is 4.06. The van der Waals surface area contributed by atoms with E-state index in [2.05, 4.69) is 20.8 Å². The molecule has 1 fully saturated rings. The lowest BCUT2D eigenvalue weighted by atomic mass is 9.85. The summed E-state index contributed by atoms with van der Waals surface area (Å²) in [5.74, 6) is 1.01. The lowest BCUT2D eigenvalue weighted by Gasteiger charge is -2.42. The smallest absolute Gasteiger partial charge is 0.228 e. The quantitative estimate of drug-likeness (QED) is 0.307. The summed E-state index contributed by atoms with van der Waals surface area (Å²) in [6.07, 6.45) is 8.58. The number of anilines is 1. The Morgan fingerprint density at radius 1 is 1.19 bits per heavy atom. The third-order valence-corrected chi connectivity index (χ3v) is 10.7. The molecule has 0 atom stereocenters. The molecule has 0 unspecified atom stereocenters. The first-order valence-electron chi connectivity index (χ1n) is 10.4. The van der Waals surface area contributed by atoms with Crippen LogP contribution in [0.2, 0.25) is 18.1 Å². The van der Waals surface area contributed by atoms with Crippen molar-refractivity contribution in [2.45, 2.75) is 83.5 Å². The zero-order chi connectivity index (χ0) is 20.1. The highest BCUT2D eigenvalue weighted by Crippen LogP contribution is 2.45. The molecule has 0 radical (unpaired) electrons. The number of nitrogens with zero attached hydrogens (tertiary/aromatic N) is 2. The van der Waals surface area contributed by atoms with E-state index in [1.165, 1.54) is 6.42 Å². The average Bonchev–Trinajstić information content (AvgIpc) is 3.14. The largest absolute Gasteiger partial charge is 0.421 e. The molecule has 2 rings (SSSR count). The summed E-state index contributed by atoms with van der Waals surface area (Å²) < 4.78 is 13.2. The maximum Gasteiger partial charge on any atom is 0.228 e. The second-order valence-electron chi connectivity index (χ2n) is 7.83. The summed E-state index contributed by atoms with van der Waals surface area (Å²) in [5, 5.41) is 0. The molecule has 1 heterocycles. The molecule has 0 spiro atoms. The molecule has 0 aliphatic heterocycles. The Labute approximate surface area is 165 Å². The number of hydrogen-bond donors (Lipinski definition) is 0. The predicted octanol–water partition coefficient (Wildman–Crippen LogP) is 5.68. The number of aromatic nitrogens is 1. The SMILES string of the molecule is C/C=C/C(=O)c1nc(C2(O[Si](CC)(CC)CC)CCCCC2)oc1N(C)C. The van der Waals surface area contributed by atoms with Crippen LogP contribution < -0.4 is 4.90 Å². The van der Waals surface area contributed by atoms with E-state index in [0.717, 1.165) is 43.8 Å². The Bertz CT molecular complexity index is 648. The second kappa shape index (κ2) is 9.19. The Kier molecular flexibility index (Phi) is 7.45. The Morgan fingerprint density at radius 3 is 2.26 bits per heavy atom. The van der Waals surface area contributed by atoms with Gasteiger partial charge in [-0.25, -0.2) is 4.98 Å². The monoisotopic (exact) mass is 392 g/mol. The summed E-state index contributed by atoms with van der Waals surface area (Å²) in [4.78, 5) is 19.1. The highest BCUT2D eigenvalue weighted by Gasteiger charge is 2.46. The third-order valence-electron chi connectivity index (χ3n) is 5.96. The summed E-state index contributed by atoms with van der Waals surface area (Å²) in [7, 11) is 1.92. The number of carbonyl (C=O) groups excluding carboxylic acids is 1. The van der Waals surface area contributed by atoms with E-state index in [-0.39, 0.29) is 5.78 Å². The van der Waals surface area contributed by atoms with Gasteiger partial charge in [-0.15, -0.1) is 0 Å². The van der Waals surface area contributed by atoms with E-state index in [4.69, 9.17) is 13.8 Å². The fraction of sp³-hybridized carbons (Fsp3) is 0.714. The highest BCUT2D eigenvalue weighted by atomic mass is 28.4. The van der Waals surface area contributed by atoms with Crippen LogP contribution >= 0.6 is 0 Å². The predicted molar refractivity (Wildman–Crippen MR) is 113 cm³/mol. The van der Waals surface area contributed by atoms with Gasteiger partial charge in [-0.2, -0.15) is 0 Å². The van der Waals surface area contributed by atoms with Crippen LogP contribution in [0.5, 0.6) is 0 Å². The van der Waals surface area contributed by atoms with E-state index < -0.39 is 13.9 Å². The van der Waals surface area contributed by atoms with Crippen molar-refractivity contribution in [3.8, 4) is 0 Å². The number of oxazole rings is 1. The molecule has 0 bridgehead atoms. The summed E-state index contributed by atoms with van der Waals surface area (Å²) in [6.45, 7) is 8.58. The first-order chi connectivity index (χ1) is 12.9. The van der Waals surface area contributed by atoms with Crippen LogP contribution in [0.1, 0.15) is 76.2 Å². The van der Waals surface area contributed by atoms with Crippen LogP contribution in [0.3, 0.4) is 0 Å². The summed E-state index contributed by atoms with van der Waals surface area (Å²) >= 11 is 0. The Hall–Kier alpha value is -1.40. The van der Waals surface area contributed by atoms with Gasteiger partial charge in [0.2, 0.25) is 17.6 Å². The minimum Gasteiger partial charge on any atom is -0.421 e. The van der Waals surface area contributed by atoms with Crippen LogP contribution in [0, 0.1) is 0 Å². The normalized spacial score (nSPS) is 17.4. The van der Waals surface area contributed by atoms with E-state index >= 15 is 0 Å². The van der Waals surface area contributed by atoms with Gasteiger partial charge in [-0.05, 0) is 44.0 Å². The zero-order valence-electron chi connectivity index (χ0n) is 17.9. The van der Waals surface area contributed by atoms with Crippen molar-refractivity contribution in [2.24, 2.45) is 0 Å². The minimum atomic E-state index is -1.85. The van der Waals surface area contributed by atoms with Gasteiger partial charge in [-0.1, -0.05) is 46.1 Å². The molecule has 1 aliphatic carbocycles. The molecule has 1 aliphatic rings. The minimum absolute atomic E-state index is 0.118. The Balaban J connectivity index is 2.54. The van der Waals surface area contributed by atoms with Crippen LogP contribution in [0.4, 0.5) is 5.88 Å². The van der Waals surface area contributed by atoms with Crippen molar-refractivity contribution in [3.05, 3.63) is 23.7 Å². The highest BCUT2D eigenvalue weighted by molar-refractivity contribution is 6.73. The lowest BCUT2D eigenvalue weighted by molar-refractivity contribution is -0.00942. The zero-order valence-corrected chi connectivity index (χ0v) is 18.9. The van der Waals surface area contributed by atoms with Gasteiger partial charge in [0.25, 0.3) is 0 Å². The second-order valence-corrected chi connectivity index (χ2v) is 12.5. The first-order valence-corrected chi connectivity index (χ1v) is 13.0. The van der Waals surface area contributed by atoms with Crippen LogP contribution in [-0.4, -0.2) is 33.2 Å². The molecular weight excluding hydrogens is 356 g/mol. The molecule has 0 saturated heterocycles. The molecule has 1 saturated carbocycles. The van der Waals surface area contributed by atoms with Gasteiger partial charge in [0.1, 0.15) is 5.60 Å². The number of ketones is 1. The van der Waals surface area contributed by atoms with Crippen LogP contribution in [0.25, 0.3) is 0 Å². The number of carbonyl (C=O) groups is 1. The standard InChI is InChI=1S/C21H36N2O3Si/c1-7-14-17(24)18-19(23(5)6)25-20(22-18)21(15-12-11-13-16-21)26-27(8-2,9-3)10-4/h7,14H,8-13,15-16H2,1-6H3/b14-7+. The van der Waals surface area contributed by atoms with Crippen LogP contribution in [0.15, 0.2) is 16.6 Å². The molecule has 0 amide bonds. The van der Waals surface area contributed by atoms with E-state index in [0.29, 0.717) is 17.5 Å². The van der Waals surface area contributed by atoms with E-state index in [1.54, 1.807) is 12.2 Å². The fourth-order valence-corrected chi connectivity index (χ4v) is 7.12. The number of hydrogen-bond acceptors (Lipinski definition) is 5. The maximum atomic E-state index is 12.6. The number of rotatable bonds is 9. The van der Waals surface area contributed by atoms with Crippen molar-refractivity contribution in [3.63, 3.8) is 0 Å². The molecular formula is C21H36N2O3Si. The van der Waals surface area contributed by atoms with Gasteiger partial charge in [0.15, 0.2) is 14.0 Å². The van der Waals surface area contributed by atoms with Gasteiger partial charge < -0.3 is 13.7 Å². The Morgan fingerprint density at radius 2 is 1.78 bits per heavy atom. The summed E-state index contributed by atoms with van der Waals surface area (Å²) in [5.41, 5.74) is -0.0930. The van der Waals surface area contributed by atoms with Gasteiger partial charge in [-0.3, -0.25) is 4.79 Å². The molecule has 0 aromatic carbocycles. The molecule has 27 heavy (non-hydrogen) atoms. The molecule has 152 valence electrons. The van der Waals surface area contributed by atoms with Gasteiger partial charge in [0.05, 0.1) is 0 Å². The van der Waals surface area contributed by atoms with Crippen molar-refractivity contribution in [2.75, 3.05) is 19.0 Å². The molecule has 1 aromatic heterocycles. The molecule has 5 nitrogen and oxygen atoms in total. The molecule has 1 aromatic rings. The van der Waals surface area contributed by atoms with Gasteiger partial charge in [0, 0.05) is 14.1 Å². The molecule has 0 N–H and O–H groups in total. The van der Waals surface area contributed by atoms with Crippen molar-refractivity contribution in [1.29, 1.82) is 0 Å². The summed E-state index contributed by atoms with van der Waals surface area (Å²) in [6, 6.07) is 3.27. The van der Waals surface area contributed by atoms with E-state index in [9.17, 15) is 4.79 Å². The van der Waals surface area contributed by atoms with Crippen LogP contribution in [-0.2, 0) is 10.0 Å². The third kappa shape index (κ3) is 4.54. The van der Waals surface area contributed by atoms with Crippen molar-refractivity contribution >= 4 is 20.0 Å². The average molecular weight is 393 g/mol. The number of allylic oxidation sites excluding steroid dienone is 2. The van der Waals surface area contributed by atoms with Crippen molar-refractivity contribution in [1.82, 2.24) is 4.98 Å². The van der Waals surface area contributed by atoms with E-state index in [1.807, 2.05) is 25.9 Å². The first kappa shape index (κ1) is 21.9. The lowest BCUT2D eigenvalue weighted by Crippen LogP contribution is -2.47. The topological polar surface area (TPSA) is 55.6 Å².